The molecule has 0 amide bonds. The summed E-state index contributed by atoms with van der Waals surface area (Å²) in [4.78, 5) is 2.10. The third-order valence-corrected chi connectivity index (χ3v) is 2.21. The molecule has 0 aliphatic carbocycles. The maximum Gasteiger partial charge on any atom is -0.147 e. The predicted molar refractivity (Wildman–Crippen MR) is 70.4 cm³/mol. The van der Waals surface area contributed by atoms with Crippen LogP contribution in [0, 0.1) is 0 Å². The summed E-state index contributed by atoms with van der Waals surface area (Å²) in [5, 5.41) is 0. The van der Waals surface area contributed by atoms with Crippen LogP contribution in [0.1, 0.15) is 0 Å². The first-order valence-electron chi connectivity index (χ1n) is 4.25. The molecule has 0 N–H and O–H groups in total. The van der Waals surface area contributed by atoms with Crippen LogP contribution in [0.4, 0.5) is 0 Å². The SMILES string of the molecule is CN(C)CCOc1cccc([As])c1.Cl.Cl. The van der Waals surface area contributed by atoms with Gasteiger partial charge in [0, 0.05) is 0 Å². The van der Waals surface area contributed by atoms with Gasteiger partial charge in [-0.25, -0.2) is 0 Å². The Kier molecular flexibility index (Phi) is 10.9. The maximum atomic E-state index is 5.55. The third kappa shape index (κ3) is 7.98. The average molecular weight is 312 g/mol. The zero-order valence-corrected chi connectivity index (χ0v) is 12.4. The van der Waals surface area contributed by atoms with Crippen LogP contribution in [0.2, 0.25) is 0 Å². The molecule has 2 radical (unpaired) electrons. The van der Waals surface area contributed by atoms with Crippen molar-refractivity contribution in [2.75, 3.05) is 27.2 Å². The number of hydrogen-bond acceptors (Lipinski definition) is 2. The van der Waals surface area contributed by atoms with Gasteiger partial charge in [0.2, 0.25) is 0 Å². The van der Waals surface area contributed by atoms with Gasteiger partial charge in [0.15, 0.2) is 0 Å². The summed E-state index contributed by atoms with van der Waals surface area (Å²) in [5.74, 6) is 0.944. The fourth-order valence-electron chi connectivity index (χ4n) is 0.919. The van der Waals surface area contributed by atoms with E-state index in [1.807, 2.05) is 38.4 Å². The number of benzene rings is 1. The van der Waals surface area contributed by atoms with Crippen LogP contribution in [0.15, 0.2) is 24.3 Å². The monoisotopic (exact) mass is 311 g/mol. The zero-order valence-electron chi connectivity index (χ0n) is 8.84. The van der Waals surface area contributed by atoms with Crippen molar-refractivity contribution in [3.63, 3.8) is 0 Å². The molecule has 5 heteroatoms. The van der Waals surface area contributed by atoms with Gasteiger partial charge in [0.05, 0.1) is 0 Å². The molecule has 0 aliphatic heterocycles. The first-order valence-corrected chi connectivity index (χ1v) is 5.19. The van der Waals surface area contributed by atoms with Gasteiger partial charge in [-0.1, -0.05) is 0 Å². The van der Waals surface area contributed by atoms with E-state index in [9.17, 15) is 0 Å². The summed E-state index contributed by atoms with van der Waals surface area (Å²) >= 11 is 2.51. The molecule has 0 fully saturated rings. The maximum absolute atomic E-state index is 5.55. The number of hydrogen-bond donors (Lipinski definition) is 0. The predicted octanol–water partition coefficient (Wildman–Crippen LogP) is 1.26. The van der Waals surface area contributed by atoms with E-state index in [2.05, 4.69) is 21.8 Å². The molecule has 0 saturated carbocycles. The molecule has 0 atom stereocenters. The van der Waals surface area contributed by atoms with Crippen molar-refractivity contribution in [2.24, 2.45) is 0 Å². The molecule has 0 spiro atoms. The fraction of sp³-hybridized carbons (Fsp3) is 0.400. The van der Waals surface area contributed by atoms with Crippen LogP contribution >= 0.6 is 24.8 Å². The van der Waals surface area contributed by atoms with Crippen LogP contribution in [0.25, 0.3) is 0 Å². The Bertz CT molecular complexity index is 271. The molecule has 0 aliphatic rings. The molecule has 0 unspecified atom stereocenters. The second-order valence-electron chi connectivity index (χ2n) is 3.15. The smallest absolute Gasteiger partial charge is 0.147 e. The van der Waals surface area contributed by atoms with Crippen LogP contribution in [0.3, 0.4) is 0 Å². The molecular weight excluding hydrogens is 296 g/mol. The summed E-state index contributed by atoms with van der Waals surface area (Å²) in [7, 11) is 4.08. The third-order valence-electron chi connectivity index (χ3n) is 1.62. The molecule has 1 rings (SSSR count). The van der Waals surface area contributed by atoms with Crippen molar-refractivity contribution in [1.29, 1.82) is 0 Å². The number of rotatable bonds is 4. The van der Waals surface area contributed by atoms with Crippen LogP contribution in [-0.4, -0.2) is 49.0 Å². The minimum atomic E-state index is 0. The number of nitrogens with zero attached hydrogens (tertiary/aromatic N) is 1. The normalized spacial score (nSPS) is 9.07. The van der Waals surface area contributed by atoms with Crippen LogP contribution < -0.4 is 9.09 Å². The molecule has 1 aromatic carbocycles. The Hall–Kier alpha value is 0.118. The van der Waals surface area contributed by atoms with Crippen molar-refractivity contribution in [3.8, 4) is 5.75 Å². The molecule has 15 heavy (non-hydrogen) atoms. The van der Waals surface area contributed by atoms with E-state index in [-0.39, 0.29) is 24.8 Å². The molecule has 0 aromatic heterocycles. The summed E-state index contributed by atoms with van der Waals surface area (Å²) in [6.07, 6.45) is 0. The molecule has 0 bridgehead atoms. The van der Waals surface area contributed by atoms with Crippen molar-refractivity contribution in [1.82, 2.24) is 4.90 Å². The molecule has 2 nitrogen and oxygen atoms in total. The van der Waals surface area contributed by atoms with Gasteiger partial charge < -0.3 is 0 Å². The van der Waals surface area contributed by atoms with E-state index in [0.29, 0.717) is 0 Å². The van der Waals surface area contributed by atoms with Gasteiger partial charge in [-0.05, 0) is 0 Å². The van der Waals surface area contributed by atoms with E-state index in [1.165, 1.54) is 4.35 Å². The Labute approximate surface area is 113 Å². The Balaban J connectivity index is 0. The van der Waals surface area contributed by atoms with E-state index >= 15 is 0 Å². The summed E-state index contributed by atoms with van der Waals surface area (Å²) in [6.45, 7) is 1.69. The minimum absolute atomic E-state index is 0. The fourth-order valence-corrected chi connectivity index (χ4v) is 1.37. The van der Waals surface area contributed by atoms with Gasteiger partial charge >= 0.3 is 88.1 Å². The van der Waals surface area contributed by atoms with E-state index in [1.54, 1.807) is 0 Å². The van der Waals surface area contributed by atoms with Crippen LogP contribution in [-0.2, 0) is 0 Å². The quantitative estimate of drug-likeness (QED) is 0.776. The summed E-state index contributed by atoms with van der Waals surface area (Å²) in [5.41, 5.74) is 0. The number of likely N-dealkylation sites (N-methyl/N-ethyl adjacent to an activating group) is 1. The summed E-state index contributed by atoms with van der Waals surface area (Å²) in [6, 6.07) is 8.04. The molecular formula is C10H16AsCl2NO. The Morgan fingerprint density at radius 3 is 2.47 bits per heavy atom. The van der Waals surface area contributed by atoms with Gasteiger partial charge in [0.1, 0.15) is 0 Å². The van der Waals surface area contributed by atoms with Crippen molar-refractivity contribution in [2.45, 2.75) is 0 Å². The molecule has 86 valence electrons. The first-order chi connectivity index (χ1) is 6.18. The zero-order chi connectivity index (χ0) is 9.68. The minimum Gasteiger partial charge on any atom is -0.147 e. The largest absolute Gasteiger partial charge is 0.147 e. The number of halogens is 2. The van der Waals surface area contributed by atoms with E-state index in [4.69, 9.17) is 4.74 Å². The first kappa shape index (κ1) is 17.5. The van der Waals surface area contributed by atoms with Crippen LogP contribution in [0.5, 0.6) is 5.75 Å². The van der Waals surface area contributed by atoms with Crippen molar-refractivity contribution in [3.05, 3.63) is 24.3 Å². The van der Waals surface area contributed by atoms with E-state index in [0.717, 1.165) is 18.9 Å². The molecule has 0 saturated heterocycles. The second kappa shape index (κ2) is 9.35. The molecule has 1 aromatic rings. The van der Waals surface area contributed by atoms with Crippen molar-refractivity contribution < 1.29 is 4.74 Å². The van der Waals surface area contributed by atoms with Gasteiger partial charge in [-0.3, -0.25) is 0 Å². The van der Waals surface area contributed by atoms with Crippen molar-refractivity contribution >= 4 is 46.0 Å². The van der Waals surface area contributed by atoms with Gasteiger partial charge in [-0.15, -0.1) is 24.8 Å². The van der Waals surface area contributed by atoms with Gasteiger partial charge in [-0.2, -0.15) is 0 Å². The number of ether oxygens (including phenoxy) is 1. The van der Waals surface area contributed by atoms with Gasteiger partial charge in [0.25, 0.3) is 0 Å². The Morgan fingerprint density at radius 2 is 1.93 bits per heavy atom. The standard InChI is InChI=1S/C10H14AsNO.2ClH/c1-12(2)6-7-13-10-5-3-4-9(11)8-10;;/h3-5,8H,6-7H2,1-2H3;2*1H. The molecule has 0 heterocycles. The average Bonchev–Trinajstić information content (AvgIpc) is 2.03. The Morgan fingerprint density at radius 1 is 1.27 bits per heavy atom. The second-order valence-corrected chi connectivity index (χ2v) is 4.23. The van der Waals surface area contributed by atoms with E-state index < -0.39 is 0 Å². The topological polar surface area (TPSA) is 12.5 Å². The summed E-state index contributed by atoms with van der Waals surface area (Å²) < 4.78 is 6.72.